The number of nitrogens with one attached hydrogen (secondary N) is 1. The largest absolute Gasteiger partial charge is 0.358 e. The summed E-state index contributed by atoms with van der Waals surface area (Å²) in [5.74, 6) is -0.200. The predicted octanol–water partition coefficient (Wildman–Crippen LogP) is 2.15. The summed E-state index contributed by atoms with van der Waals surface area (Å²) in [5, 5.41) is 2.78. The zero-order chi connectivity index (χ0) is 20.4. The molecule has 29 heavy (non-hydrogen) atoms. The average molecular weight is 399 g/mol. The lowest BCUT2D eigenvalue weighted by molar-refractivity contribution is -0.124. The van der Waals surface area contributed by atoms with Crippen LogP contribution in [0.5, 0.6) is 0 Å². The van der Waals surface area contributed by atoms with E-state index in [0.717, 1.165) is 57.4 Å². The maximum Gasteiger partial charge on any atom is 0.253 e. The molecule has 0 saturated carbocycles. The van der Waals surface area contributed by atoms with Crippen molar-refractivity contribution in [3.8, 4) is 0 Å². The number of fused-ring (bicyclic) bond motifs is 3. The Balaban J connectivity index is 1.69. The van der Waals surface area contributed by atoms with Crippen molar-refractivity contribution in [2.45, 2.75) is 51.5 Å². The van der Waals surface area contributed by atoms with Crippen LogP contribution in [0.1, 0.15) is 55.8 Å². The number of benzene rings is 1. The van der Waals surface area contributed by atoms with E-state index in [0.29, 0.717) is 17.8 Å². The van der Waals surface area contributed by atoms with Crippen LogP contribution >= 0.6 is 0 Å². The van der Waals surface area contributed by atoms with E-state index in [2.05, 4.69) is 10.2 Å². The smallest absolute Gasteiger partial charge is 0.253 e. The third kappa shape index (κ3) is 3.82. The summed E-state index contributed by atoms with van der Waals surface area (Å²) < 4.78 is 0. The van der Waals surface area contributed by atoms with Crippen molar-refractivity contribution in [1.82, 2.24) is 10.2 Å². The van der Waals surface area contributed by atoms with Crippen LogP contribution in [0, 0.1) is 0 Å². The molecule has 3 amide bonds. The highest BCUT2D eigenvalue weighted by atomic mass is 16.2. The van der Waals surface area contributed by atoms with Gasteiger partial charge in [-0.25, -0.2) is 0 Å². The molecule has 0 radical (unpaired) electrons. The van der Waals surface area contributed by atoms with E-state index in [1.165, 1.54) is 6.42 Å². The Morgan fingerprint density at radius 3 is 2.55 bits per heavy atom. The van der Waals surface area contributed by atoms with E-state index in [1.807, 2.05) is 30.0 Å². The Morgan fingerprint density at radius 1 is 1.03 bits per heavy atom. The fourth-order valence-corrected chi connectivity index (χ4v) is 4.73. The Morgan fingerprint density at radius 2 is 1.79 bits per heavy atom. The summed E-state index contributed by atoms with van der Waals surface area (Å²) in [4.78, 5) is 44.2. The number of hydrogen-bond donors (Lipinski definition) is 1. The van der Waals surface area contributed by atoms with Gasteiger partial charge in [0.15, 0.2) is 0 Å². The fraction of sp³-hybridized carbons (Fsp3) is 0.591. The molecule has 7 nitrogen and oxygen atoms in total. The summed E-state index contributed by atoms with van der Waals surface area (Å²) >= 11 is 0. The lowest BCUT2D eigenvalue weighted by Gasteiger charge is -2.45. The first-order chi connectivity index (χ1) is 14.1. The molecule has 156 valence electrons. The van der Waals surface area contributed by atoms with Crippen molar-refractivity contribution >= 4 is 29.1 Å². The highest BCUT2D eigenvalue weighted by molar-refractivity contribution is 6.09. The van der Waals surface area contributed by atoms with Crippen LogP contribution in [0.3, 0.4) is 0 Å². The van der Waals surface area contributed by atoms with Gasteiger partial charge < -0.3 is 15.1 Å². The maximum absolute atomic E-state index is 13.3. The Hall–Kier alpha value is -2.57. The van der Waals surface area contributed by atoms with Crippen molar-refractivity contribution < 1.29 is 14.4 Å². The highest BCUT2D eigenvalue weighted by Gasteiger charge is 2.40. The van der Waals surface area contributed by atoms with Gasteiger partial charge in [-0.1, -0.05) is 0 Å². The summed E-state index contributed by atoms with van der Waals surface area (Å²) in [6, 6.07) is 5.44. The standard InChI is InChI=1S/C22H30N4O3/c1-2-23-20(27)15-26-19-14-16(21(28)24-11-5-3-6-12-24)9-10-17(19)25-13-7-4-8-18(25)22(26)29/h9-10,14,18H,2-8,11-13,15H2,1H3,(H,23,27)/t18-/m0/s1. The van der Waals surface area contributed by atoms with Crippen molar-refractivity contribution in [3.05, 3.63) is 23.8 Å². The summed E-state index contributed by atoms with van der Waals surface area (Å²) in [6.45, 7) is 4.78. The van der Waals surface area contributed by atoms with Crippen LogP contribution in [0.2, 0.25) is 0 Å². The molecule has 0 unspecified atom stereocenters. The molecule has 1 aromatic carbocycles. The van der Waals surface area contributed by atoms with Gasteiger partial charge in [-0.2, -0.15) is 0 Å². The molecule has 3 aliphatic heterocycles. The maximum atomic E-state index is 13.3. The van der Waals surface area contributed by atoms with Gasteiger partial charge in [0.25, 0.3) is 5.91 Å². The van der Waals surface area contributed by atoms with E-state index >= 15 is 0 Å². The molecule has 0 aliphatic carbocycles. The number of anilines is 2. The molecule has 7 heteroatoms. The normalized spacial score (nSPS) is 21.5. The van der Waals surface area contributed by atoms with Crippen LogP contribution in [-0.2, 0) is 9.59 Å². The van der Waals surface area contributed by atoms with Gasteiger partial charge in [0.1, 0.15) is 12.6 Å². The molecule has 1 atom stereocenters. The third-order valence-corrected chi connectivity index (χ3v) is 6.20. The Bertz CT molecular complexity index is 803. The zero-order valence-electron chi connectivity index (χ0n) is 17.2. The van der Waals surface area contributed by atoms with Crippen molar-refractivity contribution in [1.29, 1.82) is 0 Å². The van der Waals surface area contributed by atoms with E-state index < -0.39 is 0 Å². The summed E-state index contributed by atoms with van der Waals surface area (Å²) in [5.41, 5.74) is 2.23. The highest BCUT2D eigenvalue weighted by Crippen LogP contribution is 2.40. The molecule has 0 bridgehead atoms. The number of carbonyl (C=O) groups is 3. The van der Waals surface area contributed by atoms with E-state index in [4.69, 9.17) is 0 Å². The molecule has 0 aromatic heterocycles. The van der Waals surface area contributed by atoms with Gasteiger partial charge in [-0.3, -0.25) is 19.3 Å². The molecule has 1 N–H and O–H groups in total. The Labute approximate surface area is 172 Å². The second kappa shape index (κ2) is 8.43. The first kappa shape index (κ1) is 19.7. The molecule has 1 aromatic rings. The Kier molecular flexibility index (Phi) is 5.74. The van der Waals surface area contributed by atoms with Gasteiger partial charge >= 0.3 is 0 Å². The number of likely N-dealkylation sites (tertiary alicyclic amines) is 1. The fourth-order valence-electron chi connectivity index (χ4n) is 4.73. The molecule has 3 aliphatic rings. The first-order valence-electron chi connectivity index (χ1n) is 10.9. The molecular weight excluding hydrogens is 368 g/mol. The van der Waals surface area contributed by atoms with Crippen molar-refractivity contribution in [2.24, 2.45) is 0 Å². The van der Waals surface area contributed by atoms with Crippen LogP contribution in [0.4, 0.5) is 11.4 Å². The number of likely N-dealkylation sites (N-methyl/N-ethyl adjacent to an activating group) is 1. The van der Waals surface area contributed by atoms with Gasteiger partial charge in [0, 0.05) is 31.7 Å². The van der Waals surface area contributed by atoms with Gasteiger partial charge in [-0.05, 0) is 63.6 Å². The molecular formula is C22H30N4O3. The number of amides is 3. The first-order valence-corrected chi connectivity index (χ1v) is 10.9. The summed E-state index contributed by atoms with van der Waals surface area (Å²) in [6.07, 6.45) is 6.11. The van der Waals surface area contributed by atoms with Crippen LogP contribution in [-0.4, -0.2) is 61.4 Å². The molecule has 2 saturated heterocycles. The number of rotatable bonds is 4. The van der Waals surface area contributed by atoms with Crippen LogP contribution in [0.25, 0.3) is 0 Å². The minimum absolute atomic E-state index is 0.00856. The minimum Gasteiger partial charge on any atom is -0.358 e. The zero-order valence-corrected chi connectivity index (χ0v) is 17.2. The monoisotopic (exact) mass is 398 g/mol. The van der Waals surface area contributed by atoms with Crippen LogP contribution < -0.4 is 15.1 Å². The van der Waals surface area contributed by atoms with E-state index in [1.54, 1.807) is 4.90 Å². The van der Waals surface area contributed by atoms with Crippen molar-refractivity contribution in [3.63, 3.8) is 0 Å². The predicted molar refractivity (Wildman–Crippen MR) is 112 cm³/mol. The van der Waals surface area contributed by atoms with Crippen molar-refractivity contribution in [2.75, 3.05) is 42.5 Å². The average Bonchev–Trinajstić information content (AvgIpc) is 2.76. The third-order valence-electron chi connectivity index (χ3n) is 6.20. The summed E-state index contributed by atoms with van der Waals surface area (Å²) in [7, 11) is 0. The number of nitrogens with zero attached hydrogens (tertiary/aromatic N) is 3. The second-order valence-electron chi connectivity index (χ2n) is 8.14. The van der Waals surface area contributed by atoms with Gasteiger partial charge in [0.05, 0.1) is 11.4 Å². The molecule has 4 rings (SSSR count). The van der Waals surface area contributed by atoms with E-state index in [-0.39, 0.29) is 30.3 Å². The molecule has 2 fully saturated rings. The number of hydrogen-bond acceptors (Lipinski definition) is 4. The van der Waals surface area contributed by atoms with Crippen LogP contribution in [0.15, 0.2) is 18.2 Å². The van der Waals surface area contributed by atoms with E-state index in [9.17, 15) is 14.4 Å². The second-order valence-corrected chi connectivity index (χ2v) is 8.14. The van der Waals surface area contributed by atoms with Gasteiger partial charge in [-0.15, -0.1) is 0 Å². The quantitative estimate of drug-likeness (QED) is 0.844. The lowest BCUT2D eigenvalue weighted by Crippen LogP contribution is -2.57. The minimum atomic E-state index is -0.214. The SMILES string of the molecule is CCNC(=O)CN1C(=O)[C@@H]2CCCCN2c2ccc(C(=O)N3CCCCC3)cc21. The lowest BCUT2D eigenvalue weighted by atomic mass is 9.95. The number of carbonyl (C=O) groups excluding carboxylic acids is 3. The topological polar surface area (TPSA) is 73.0 Å². The number of piperidine rings is 2. The molecule has 3 heterocycles. The molecule has 0 spiro atoms. The van der Waals surface area contributed by atoms with Gasteiger partial charge in [0.2, 0.25) is 11.8 Å².